The molecule has 1 N–H and O–H groups in total. The normalized spacial score (nSPS) is 10.7. The number of nitrogens with zero attached hydrogens (tertiary/aromatic N) is 2. The van der Waals surface area contributed by atoms with Crippen LogP contribution in [-0.4, -0.2) is 24.1 Å². The minimum Gasteiger partial charge on any atom is -0.378 e. The van der Waals surface area contributed by atoms with Gasteiger partial charge in [0.1, 0.15) is 17.5 Å². The number of benzene rings is 1. The molecule has 2 aromatic rings. The second-order valence-electron chi connectivity index (χ2n) is 4.15. The van der Waals surface area contributed by atoms with Gasteiger partial charge in [-0.15, -0.1) is 11.8 Å². The topological polar surface area (TPSA) is 47.0 Å². The molecule has 4 nitrogen and oxygen atoms in total. The lowest BCUT2D eigenvalue weighted by Crippen LogP contribution is -2.06. The molecule has 0 amide bonds. The molecular formula is C14H15BrFN3OS. The largest absolute Gasteiger partial charge is 0.378 e. The second-order valence-corrected chi connectivity index (χ2v) is 5.96. The highest BCUT2D eigenvalue weighted by atomic mass is 79.9. The quantitative estimate of drug-likeness (QED) is 0.781. The number of aromatic nitrogens is 2. The first kappa shape index (κ1) is 16.2. The van der Waals surface area contributed by atoms with E-state index in [1.807, 2.05) is 6.07 Å². The standard InChI is InChI=1S/C14H15BrFN3OS/c1-17-14-13(15)10(7-20-2)18-12(19-14)8-21-11-6-4-3-5-9(11)16/h3-6H,7-8H2,1-2H3,(H,17,18,19). The van der Waals surface area contributed by atoms with Crippen LogP contribution in [0.4, 0.5) is 10.2 Å². The van der Waals surface area contributed by atoms with Crippen molar-refractivity contribution in [3.05, 3.63) is 46.1 Å². The smallest absolute Gasteiger partial charge is 0.144 e. The first-order valence-electron chi connectivity index (χ1n) is 6.25. The predicted molar refractivity (Wildman–Crippen MR) is 86.0 cm³/mol. The van der Waals surface area contributed by atoms with Crippen molar-refractivity contribution in [3.8, 4) is 0 Å². The monoisotopic (exact) mass is 371 g/mol. The van der Waals surface area contributed by atoms with Crippen LogP contribution in [0.25, 0.3) is 0 Å². The van der Waals surface area contributed by atoms with Gasteiger partial charge < -0.3 is 10.1 Å². The number of anilines is 1. The summed E-state index contributed by atoms with van der Waals surface area (Å²) in [5, 5.41) is 3.01. The summed E-state index contributed by atoms with van der Waals surface area (Å²) in [7, 11) is 3.40. The maximum absolute atomic E-state index is 13.6. The molecule has 1 aromatic carbocycles. The summed E-state index contributed by atoms with van der Waals surface area (Å²) in [5.41, 5.74) is 0.765. The molecule has 0 fully saturated rings. The van der Waals surface area contributed by atoms with Gasteiger partial charge in [0.05, 0.1) is 22.5 Å². The van der Waals surface area contributed by atoms with Crippen LogP contribution in [0.2, 0.25) is 0 Å². The predicted octanol–water partition coefficient (Wildman–Crippen LogP) is 3.86. The Morgan fingerprint density at radius 1 is 1.33 bits per heavy atom. The van der Waals surface area contributed by atoms with E-state index in [4.69, 9.17) is 4.74 Å². The molecule has 0 saturated carbocycles. The van der Waals surface area contributed by atoms with Crippen LogP contribution >= 0.6 is 27.7 Å². The molecular weight excluding hydrogens is 357 g/mol. The van der Waals surface area contributed by atoms with Crippen LogP contribution in [-0.2, 0) is 17.1 Å². The molecule has 1 heterocycles. The average molecular weight is 372 g/mol. The van der Waals surface area contributed by atoms with Crippen molar-refractivity contribution in [2.75, 3.05) is 19.5 Å². The minimum absolute atomic E-state index is 0.231. The molecule has 1 aromatic heterocycles. The van der Waals surface area contributed by atoms with Crippen LogP contribution in [0.3, 0.4) is 0 Å². The maximum Gasteiger partial charge on any atom is 0.144 e. The van der Waals surface area contributed by atoms with Crippen molar-refractivity contribution in [1.29, 1.82) is 0 Å². The fraction of sp³-hybridized carbons (Fsp3) is 0.286. The zero-order valence-electron chi connectivity index (χ0n) is 11.7. The van der Waals surface area contributed by atoms with Crippen molar-refractivity contribution in [2.45, 2.75) is 17.3 Å². The number of hydrogen-bond donors (Lipinski definition) is 1. The van der Waals surface area contributed by atoms with E-state index >= 15 is 0 Å². The van der Waals surface area contributed by atoms with E-state index in [1.54, 1.807) is 26.3 Å². The fourth-order valence-electron chi connectivity index (χ4n) is 1.71. The van der Waals surface area contributed by atoms with Gasteiger partial charge in [-0.05, 0) is 28.1 Å². The lowest BCUT2D eigenvalue weighted by atomic mass is 10.3. The molecule has 0 aliphatic heterocycles. The maximum atomic E-state index is 13.6. The van der Waals surface area contributed by atoms with Crippen molar-refractivity contribution in [3.63, 3.8) is 0 Å². The van der Waals surface area contributed by atoms with E-state index in [-0.39, 0.29) is 5.82 Å². The zero-order valence-corrected chi connectivity index (χ0v) is 14.1. The number of ether oxygens (including phenoxy) is 1. The summed E-state index contributed by atoms with van der Waals surface area (Å²) in [6.45, 7) is 0.384. The van der Waals surface area contributed by atoms with Gasteiger partial charge in [0.2, 0.25) is 0 Å². The van der Waals surface area contributed by atoms with Crippen molar-refractivity contribution < 1.29 is 9.13 Å². The summed E-state index contributed by atoms with van der Waals surface area (Å²) in [5.74, 6) is 1.58. The van der Waals surface area contributed by atoms with E-state index in [9.17, 15) is 4.39 Å². The van der Waals surface area contributed by atoms with E-state index in [0.717, 1.165) is 10.2 Å². The lowest BCUT2D eigenvalue weighted by molar-refractivity contribution is 0.180. The number of halogens is 2. The van der Waals surface area contributed by atoms with Crippen LogP contribution < -0.4 is 5.32 Å². The average Bonchev–Trinajstić information content (AvgIpc) is 2.49. The number of hydrogen-bond acceptors (Lipinski definition) is 5. The van der Waals surface area contributed by atoms with Gasteiger partial charge in [-0.1, -0.05) is 12.1 Å². The molecule has 0 radical (unpaired) electrons. The Hall–Kier alpha value is -1.18. The molecule has 0 bridgehead atoms. The SMILES string of the molecule is CNc1nc(CSc2ccccc2F)nc(COC)c1Br. The van der Waals surface area contributed by atoms with Gasteiger partial charge >= 0.3 is 0 Å². The second kappa shape index (κ2) is 7.72. The van der Waals surface area contributed by atoms with Crippen molar-refractivity contribution in [1.82, 2.24) is 9.97 Å². The van der Waals surface area contributed by atoms with E-state index < -0.39 is 0 Å². The molecule has 0 saturated heterocycles. The Labute approximate surface area is 135 Å². The summed E-state index contributed by atoms with van der Waals surface area (Å²) >= 11 is 4.82. The number of rotatable bonds is 6. The molecule has 0 atom stereocenters. The fourth-order valence-corrected chi connectivity index (χ4v) is 3.00. The third kappa shape index (κ3) is 4.15. The van der Waals surface area contributed by atoms with Gasteiger partial charge in [-0.3, -0.25) is 0 Å². The van der Waals surface area contributed by atoms with Crippen LogP contribution in [0.15, 0.2) is 33.6 Å². The molecule has 0 aliphatic rings. The van der Waals surface area contributed by atoms with E-state index in [0.29, 0.717) is 28.9 Å². The van der Waals surface area contributed by atoms with Crippen molar-refractivity contribution >= 4 is 33.5 Å². The third-order valence-electron chi connectivity index (χ3n) is 2.68. The van der Waals surface area contributed by atoms with Gasteiger partial charge in [0, 0.05) is 19.1 Å². The van der Waals surface area contributed by atoms with Crippen LogP contribution in [0, 0.1) is 5.82 Å². The van der Waals surface area contributed by atoms with Gasteiger partial charge in [-0.2, -0.15) is 0 Å². The molecule has 112 valence electrons. The van der Waals surface area contributed by atoms with E-state index in [1.165, 1.54) is 17.8 Å². The third-order valence-corrected chi connectivity index (χ3v) is 4.56. The highest BCUT2D eigenvalue weighted by Crippen LogP contribution is 2.28. The number of thioether (sulfide) groups is 1. The summed E-state index contributed by atoms with van der Waals surface area (Å²) in [6, 6.07) is 6.67. The van der Waals surface area contributed by atoms with E-state index in [2.05, 4.69) is 31.2 Å². The molecule has 0 spiro atoms. The minimum atomic E-state index is -0.231. The molecule has 21 heavy (non-hydrogen) atoms. The number of methoxy groups -OCH3 is 1. The van der Waals surface area contributed by atoms with Gasteiger partial charge in [-0.25, -0.2) is 14.4 Å². The van der Waals surface area contributed by atoms with Gasteiger partial charge in [0.15, 0.2) is 0 Å². The van der Waals surface area contributed by atoms with Crippen LogP contribution in [0.5, 0.6) is 0 Å². The molecule has 7 heteroatoms. The Morgan fingerprint density at radius 2 is 2.10 bits per heavy atom. The first-order valence-corrected chi connectivity index (χ1v) is 8.03. The zero-order chi connectivity index (χ0) is 15.2. The summed E-state index contributed by atoms with van der Waals surface area (Å²) < 4.78 is 19.5. The summed E-state index contributed by atoms with van der Waals surface area (Å²) in [4.78, 5) is 9.45. The Balaban J connectivity index is 2.20. The molecule has 0 unspecified atom stereocenters. The Bertz CT molecular complexity index is 627. The summed E-state index contributed by atoms with van der Waals surface area (Å²) in [6.07, 6.45) is 0. The number of nitrogens with one attached hydrogen (secondary N) is 1. The Kier molecular flexibility index (Phi) is 5.96. The van der Waals surface area contributed by atoms with Crippen molar-refractivity contribution in [2.24, 2.45) is 0 Å². The van der Waals surface area contributed by atoms with Crippen LogP contribution in [0.1, 0.15) is 11.5 Å². The first-order chi connectivity index (χ1) is 10.2. The highest BCUT2D eigenvalue weighted by Gasteiger charge is 2.12. The van der Waals surface area contributed by atoms with Gasteiger partial charge in [0.25, 0.3) is 0 Å². The molecule has 2 rings (SSSR count). The lowest BCUT2D eigenvalue weighted by Gasteiger charge is -2.10. The highest BCUT2D eigenvalue weighted by molar-refractivity contribution is 9.10. The Morgan fingerprint density at radius 3 is 2.76 bits per heavy atom. The molecule has 0 aliphatic carbocycles.